The topological polar surface area (TPSA) is 88.4 Å². The Hall–Kier alpha value is -4.51. The van der Waals surface area contributed by atoms with Crippen LogP contribution in [-0.4, -0.2) is 30.5 Å². The molecule has 11 heteroatoms. The van der Waals surface area contributed by atoms with E-state index in [1.165, 1.54) is 36.2 Å². The highest BCUT2D eigenvalue weighted by Crippen LogP contribution is 2.47. The van der Waals surface area contributed by atoms with Gasteiger partial charge in [-0.2, -0.15) is 0 Å². The van der Waals surface area contributed by atoms with Crippen LogP contribution >= 0.6 is 11.3 Å². The maximum atomic E-state index is 14.1. The van der Waals surface area contributed by atoms with Crippen LogP contribution in [0, 0.1) is 17.6 Å². The number of nitrogens with zero attached hydrogens (tertiary/aromatic N) is 2. The Morgan fingerprint density at radius 2 is 1.90 bits per heavy atom. The summed E-state index contributed by atoms with van der Waals surface area (Å²) in [6.07, 6.45) is 1.71. The standard InChI is InChI=1S/C30H24F2N2O6S/c1-30-25(28(36)38-3)26(19-6-4-5-7-22(19)40-30)34-27(35)24(41-29(34)33-30)13-16-8-10-21(37-2)17(12-16)15-39-23-11-9-18(31)14-20(23)32/h4-14,25-26H,15H2,1-3H3/b24-13+/t25-,26-,30-/m1/s1. The summed E-state index contributed by atoms with van der Waals surface area (Å²) in [5.74, 6) is -1.97. The Morgan fingerprint density at radius 3 is 2.66 bits per heavy atom. The number of halogens is 2. The molecule has 0 aliphatic carbocycles. The zero-order valence-corrected chi connectivity index (χ0v) is 23.0. The molecule has 4 aromatic rings. The third-order valence-electron chi connectivity index (χ3n) is 7.21. The molecule has 0 saturated heterocycles. The fourth-order valence-electron chi connectivity index (χ4n) is 5.33. The molecule has 1 aromatic heterocycles. The SMILES string of the molecule is COC(=O)[C@H]1[C@H]2c3ccccc3O[C@@]1(C)N=c1s/c(=C/c3ccc(OC)c(COc4ccc(F)cc4F)c3)c(=O)n12. The summed E-state index contributed by atoms with van der Waals surface area (Å²) in [5, 5.41) is 0. The Kier molecular flexibility index (Phi) is 6.61. The van der Waals surface area contributed by atoms with Crippen molar-refractivity contribution in [3.8, 4) is 17.2 Å². The monoisotopic (exact) mass is 578 g/mol. The van der Waals surface area contributed by atoms with Gasteiger partial charge in [-0.1, -0.05) is 35.6 Å². The Labute approximate surface area is 236 Å². The van der Waals surface area contributed by atoms with Crippen LogP contribution in [0.3, 0.4) is 0 Å². The van der Waals surface area contributed by atoms with E-state index in [1.807, 2.05) is 18.2 Å². The second-order valence-electron chi connectivity index (χ2n) is 9.76. The molecule has 0 radical (unpaired) electrons. The number of hydrogen-bond donors (Lipinski definition) is 0. The lowest BCUT2D eigenvalue weighted by molar-refractivity contribution is -0.158. The number of methoxy groups -OCH3 is 2. The molecule has 0 spiro atoms. The molecule has 8 nitrogen and oxygen atoms in total. The quantitative estimate of drug-likeness (QED) is 0.324. The molecule has 6 rings (SSSR count). The first-order chi connectivity index (χ1) is 19.7. The van der Waals surface area contributed by atoms with Gasteiger partial charge in [-0.3, -0.25) is 14.2 Å². The van der Waals surface area contributed by atoms with Gasteiger partial charge in [0.2, 0.25) is 5.72 Å². The van der Waals surface area contributed by atoms with E-state index >= 15 is 0 Å². The van der Waals surface area contributed by atoms with Crippen molar-refractivity contribution in [1.29, 1.82) is 0 Å². The van der Waals surface area contributed by atoms with E-state index in [0.29, 0.717) is 37.5 Å². The van der Waals surface area contributed by atoms with Gasteiger partial charge in [-0.15, -0.1) is 0 Å². The van der Waals surface area contributed by atoms with Crippen LogP contribution in [-0.2, 0) is 16.1 Å². The van der Waals surface area contributed by atoms with Crippen LogP contribution in [0.2, 0.25) is 0 Å². The van der Waals surface area contributed by atoms with Gasteiger partial charge in [0.05, 0.1) is 24.8 Å². The van der Waals surface area contributed by atoms with Crippen molar-refractivity contribution in [2.45, 2.75) is 25.3 Å². The molecule has 0 saturated carbocycles. The molecule has 2 bridgehead atoms. The van der Waals surface area contributed by atoms with E-state index in [2.05, 4.69) is 0 Å². The molecule has 2 aliphatic heterocycles. The summed E-state index contributed by atoms with van der Waals surface area (Å²) in [4.78, 5) is 32.0. The van der Waals surface area contributed by atoms with Gasteiger partial charge in [-0.05, 0) is 48.9 Å². The van der Waals surface area contributed by atoms with Crippen molar-refractivity contribution < 1.29 is 32.5 Å². The van der Waals surface area contributed by atoms with Crippen molar-refractivity contribution >= 4 is 23.4 Å². The zero-order chi connectivity index (χ0) is 28.9. The summed E-state index contributed by atoms with van der Waals surface area (Å²) in [5.41, 5.74) is 0.373. The summed E-state index contributed by atoms with van der Waals surface area (Å²) in [6, 6.07) is 14.9. The Morgan fingerprint density at radius 1 is 1.12 bits per heavy atom. The lowest BCUT2D eigenvalue weighted by atomic mass is 9.81. The predicted octanol–water partition coefficient (Wildman–Crippen LogP) is 3.72. The minimum Gasteiger partial charge on any atom is -0.496 e. The summed E-state index contributed by atoms with van der Waals surface area (Å²) >= 11 is 1.19. The van der Waals surface area contributed by atoms with E-state index in [-0.39, 0.29) is 17.9 Å². The largest absolute Gasteiger partial charge is 0.496 e. The molecule has 0 amide bonds. The summed E-state index contributed by atoms with van der Waals surface area (Å²) < 4.78 is 51.6. The smallest absolute Gasteiger partial charge is 0.317 e. The van der Waals surface area contributed by atoms with E-state index in [9.17, 15) is 18.4 Å². The molecule has 3 atom stereocenters. The van der Waals surface area contributed by atoms with Gasteiger partial charge in [0, 0.05) is 17.2 Å². The first-order valence-corrected chi connectivity index (χ1v) is 13.5. The number of carbonyl (C=O) groups excluding carboxylic acids is 1. The number of ether oxygens (including phenoxy) is 4. The highest BCUT2D eigenvalue weighted by atomic mass is 32.1. The molecule has 41 heavy (non-hydrogen) atoms. The predicted molar refractivity (Wildman–Crippen MR) is 146 cm³/mol. The molecule has 3 aromatic carbocycles. The van der Waals surface area contributed by atoms with Gasteiger partial charge >= 0.3 is 5.97 Å². The van der Waals surface area contributed by atoms with E-state index in [4.69, 9.17) is 23.9 Å². The second kappa shape index (κ2) is 10.2. The molecule has 0 unspecified atom stereocenters. The third kappa shape index (κ3) is 4.55. The Bertz CT molecular complexity index is 1870. The van der Waals surface area contributed by atoms with Crippen LogP contribution in [0.15, 0.2) is 70.5 Å². The fraction of sp³-hybridized carbons (Fsp3) is 0.233. The molecule has 0 fully saturated rings. The average molecular weight is 579 g/mol. The molecule has 0 N–H and O–H groups in total. The lowest BCUT2D eigenvalue weighted by Gasteiger charge is -2.44. The number of rotatable bonds is 6. The van der Waals surface area contributed by atoms with Gasteiger partial charge in [0.25, 0.3) is 5.56 Å². The van der Waals surface area contributed by atoms with Gasteiger partial charge in [-0.25, -0.2) is 13.8 Å². The highest BCUT2D eigenvalue weighted by Gasteiger charge is 2.55. The summed E-state index contributed by atoms with van der Waals surface area (Å²) in [6.45, 7) is 1.66. The number of thiazole rings is 1. The minimum atomic E-state index is -1.26. The molecule has 2 aliphatic rings. The molecular weight excluding hydrogens is 554 g/mol. The minimum absolute atomic E-state index is 0.0575. The van der Waals surface area contributed by atoms with Crippen LogP contribution < -0.4 is 29.1 Å². The first kappa shape index (κ1) is 26.7. The number of fused-ring (bicyclic) bond motifs is 6. The second-order valence-corrected chi connectivity index (χ2v) is 10.8. The molecular formula is C30H24F2N2O6S. The number of aromatic nitrogens is 1. The Balaban J connectivity index is 1.43. The number of esters is 1. The lowest BCUT2D eigenvalue weighted by Crippen LogP contribution is -2.58. The average Bonchev–Trinajstić information content (AvgIpc) is 3.24. The number of benzene rings is 3. The van der Waals surface area contributed by atoms with Gasteiger partial charge in [0.1, 0.15) is 29.8 Å². The molecule has 3 heterocycles. The number of para-hydroxylation sites is 1. The van der Waals surface area contributed by atoms with E-state index in [1.54, 1.807) is 37.3 Å². The van der Waals surface area contributed by atoms with Crippen molar-refractivity contribution in [3.05, 3.63) is 109 Å². The fourth-order valence-corrected chi connectivity index (χ4v) is 6.43. The van der Waals surface area contributed by atoms with Gasteiger partial charge < -0.3 is 18.9 Å². The summed E-state index contributed by atoms with van der Waals surface area (Å²) in [7, 11) is 2.80. The van der Waals surface area contributed by atoms with Crippen LogP contribution in [0.5, 0.6) is 17.2 Å². The molecule has 210 valence electrons. The number of carbonyl (C=O) groups is 1. The highest BCUT2D eigenvalue weighted by molar-refractivity contribution is 7.07. The van der Waals surface area contributed by atoms with Crippen molar-refractivity contribution in [2.24, 2.45) is 10.9 Å². The zero-order valence-electron chi connectivity index (χ0n) is 22.2. The van der Waals surface area contributed by atoms with Gasteiger partial charge in [0.15, 0.2) is 16.4 Å². The maximum Gasteiger partial charge on any atom is 0.317 e. The van der Waals surface area contributed by atoms with Crippen LogP contribution in [0.4, 0.5) is 8.78 Å². The van der Waals surface area contributed by atoms with Crippen LogP contribution in [0.1, 0.15) is 29.7 Å². The van der Waals surface area contributed by atoms with Crippen LogP contribution in [0.25, 0.3) is 6.08 Å². The maximum absolute atomic E-state index is 14.1. The van der Waals surface area contributed by atoms with E-state index < -0.39 is 35.3 Å². The normalized spacial score (nSPS) is 20.8. The van der Waals surface area contributed by atoms with Crippen molar-refractivity contribution in [2.75, 3.05) is 14.2 Å². The number of hydrogen-bond acceptors (Lipinski definition) is 8. The van der Waals surface area contributed by atoms with E-state index in [0.717, 1.165) is 12.1 Å². The van der Waals surface area contributed by atoms with Crippen molar-refractivity contribution in [1.82, 2.24) is 4.57 Å². The van der Waals surface area contributed by atoms with Crippen molar-refractivity contribution in [3.63, 3.8) is 0 Å². The third-order valence-corrected chi connectivity index (χ3v) is 8.20. The first-order valence-electron chi connectivity index (χ1n) is 12.7.